The van der Waals surface area contributed by atoms with Crippen molar-refractivity contribution >= 4 is 23.1 Å². The minimum absolute atomic E-state index is 0.609. The van der Waals surface area contributed by atoms with Crippen LogP contribution >= 0.6 is 23.1 Å². The average molecular weight is 216 g/mol. The van der Waals surface area contributed by atoms with Crippen molar-refractivity contribution in [1.82, 2.24) is 10.3 Å². The van der Waals surface area contributed by atoms with E-state index in [2.05, 4.69) is 24.1 Å². The number of rotatable bonds is 6. The second-order valence-electron chi connectivity index (χ2n) is 2.93. The van der Waals surface area contributed by atoms with Gasteiger partial charge in [0.15, 0.2) is 0 Å². The molecule has 1 heterocycles. The van der Waals surface area contributed by atoms with Gasteiger partial charge in [-0.15, -0.1) is 11.3 Å². The van der Waals surface area contributed by atoms with E-state index in [0.717, 1.165) is 13.1 Å². The maximum absolute atomic E-state index is 4.24. The molecule has 1 atom stereocenters. The molecule has 1 rings (SSSR count). The topological polar surface area (TPSA) is 24.9 Å². The zero-order valence-electron chi connectivity index (χ0n) is 8.12. The van der Waals surface area contributed by atoms with Gasteiger partial charge in [-0.05, 0) is 13.0 Å². The van der Waals surface area contributed by atoms with Crippen LogP contribution in [0.15, 0.2) is 15.9 Å². The standard InChI is InChI=1S/C9H16N2S2/c1-3-4-10-7-8(2)13-9-11-5-6-12-9/h5-6,8,10H,3-4,7H2,1-2H3. The van der Waals surface area contributed by atoms with E-state index >= 15 is 0 Å². The molecule has 0 fully saturated rings. The average Bonchev–Trinajstić information content (AvgIpc) is 2.57. The Bertz CT molecular complexity index is 211. The fourth-order valence-corrected chi connectivity index (χ4v) is 2.87. The quantitative estimate of drug-likeness (QED) is 0.584. The van der Waals surface area contributed by atoms with Crippen LogP contribution in [0.1, 0.15) is 20.3 Å². The molecule has 0 radical (unpaired) electrons. The molecule has 4 heteroatoms. The molecule has 1 N–H and O–H groups in total. The molecule has 1 aromatic heterocycles. The maximum atomic E-state index is 4.24. The van der Waals surface area contributed by atoms with Gasteiger partial charge in [0.1, 0.15) is 4.34 Å². The van der Waals surface area contributed by atoms with Gasteiger partial charge in [-0.25, -0.2) is 4.98 Å². The highest BCUT2D eigenvalue weighted by Gasteiger charge is 2.04. The molecule has 74 valence electrons. The molecule has 0 aromatic carbocycles. The van der Waals surface area contributed by atoms with Gasteiger partial charge in [0, 0.05) is 23.4 Å². The molecule has 13 heavy (non-hydrogen) atoms. The SMILES string of the molecule is CCCNCC(C)Sc1nccs1. The van der Waals surface area contributed by atoms with Gasteiger partial charge < -0.3 is 5.32 Å². The van der Waals surface area contributed by atoms with E-state index in [1.54, 1.807) is 11.3 Å². The first-order valence-electron chi connectivity index (χ1n) is 4.59. The molecule has 0 aliphatic carbocycles. The number of nitrogens with one attached hydrogen (secondary N) is 1. The highest BCUT2D eigenvalue weighted by Crippen LogP contribution is 2.24. The normalized spacial score (nSPS) is 13.1. The first-order chi connectivity index (χ1) is 6.33. The van der Waals surface area contributed by atoms with Crippen LogP contribution in [0.5, 0.6) is 0 Å². The van der Waals surface area contributed by atoms with Crippen LogP contribution in [0.4, 0.5) is 0 Å². The van der Waals surface area contributed by atoms with Crippen molar-refractivity contribution in [1.29, 1.82) is 0 Å². The molecule has 1 unspecified atom stereocenters. The fourth-order valence-electron chi connectivity index (χ4n) is 0.964. The van der Waals surface area contributed by atoms with E-state index in [4.69, 9.17) is 0 Å². The Balaban J connectivity index is 2.14. The summed E-state index contributed by atoms with van der Waals surface area (Å²) < 4.78 is 1.17. The van der Waals surface area contributed by atoms with Gasteiger partial charge in [-0.2, -0.15) is 0 Å². The largest absolute Gasteiger partial charge is 0.316 e. The lowest BCUT2D eigenvalue weighted by molar-refractivity contribution is 0.669. The van der Waals surface area contributed by atoms with Gasteiger partial charge in [-0.3, -0.25) is 0 Å². The second-order valence-corrected chi connectivity index (χ2v) is 5.51. The van der Waals surface area contributed by atoms with E-state index in [-0.39, 0.29) is 0 Å². The van der Waals surface area contributed by atoms with E-state index in [0.29, 0.717) is 5.25 Å². The van der Waals surface area contributed by atoms with E-state index in [1.807, 2.05) is 23.3 Å². The maximum Gasteiger partial charge on any atom is 0.150 e. The Kier molecular flexibility index (Phi) is 5.43. The predicted octanol–water partition coefficient (Wildman–Crippen LogP) is 2.62. The van der Waals surface area contributed by atoms with Gasteiger partial charge in [0.25, 0.3) is 0 Å². The second kappa shape index (κ2) is 6.40. The smallest absolute Gasteiger partial charge is 0.150 e. The Labute approximate surface area is 88.2 Å². The van der Waals surface area contributed by atoms with Crippen LogP contribution < -0.4 is 5.32 Å². The number of thiazole rings is 1. The third-order valence-corrected chi connectivity index (χ3v) is 3.59. The minimum Gasteiger partial charge on any atom is -0.316 e. The highest BCUT2D eigenvalue weighted by atomic mass is 32.2. The third kappa shape index (κ3) is 4.64. The third-order valence-electron chi connectivity index (χ3n) is 1.57. The lowest BCUT2D eigenvalue weighted by Gasteiger charge is -2.09. The highest BCUT2D eigenvalue weighted by molar-refractivity contribution is 8.01. The summed E-state index contributed by atoms with van der Waals surface area (Å²) in [7, 11) is 0. The monoisotopic (exact) mass is 216 g/mol. The first-order valence-corrected chi connectivity index (χ1v) is 6.35. The Morgan fingerprint density at radius 3 is 3.15 bits per heavy atom. The van der Waals surface area contributed by atoms with Crippen LogP contribution in [0, 0.1) is 0 Å². The van der Waals surface area contributed by atoms with Crippen LogP contribution in [-0.2, 0) is 0 Å². The van der Waals surface area contributed by atoms with Crippen LogP contribution in [0.25, 0.3) is 0 Å². The lowest BCUT2D eigenvalue weighted by Crippen LogP contribution is -2.23. The molecule has 0 saturated heterocycles. The van der Waals surface area contributed by atoms with Crippen molar-refractivity contribution in [2.45, 2.75) is 29.9 Å². The molecule has 0 aliphatic heterocycles. The summed E-state index contributed by atoms with van der Waals surface area (Å²) in [6, 6.07) is 0. The summed E-state index contributed by atoms with van der Waals surface area (Å²) in [5.74, 6) is 0. The number of hydrogen-bond acceptors (Lipinski definition) is 4. The van der Waals surface area contributed by atoms with Crippen LogP contribution in [-0.4, -0.2) is 23.3 Å². The fraction of sp³-hybridized carbons (Fsp3) is 0.667. The van der Waals surface area contributed by atoms with Crippen molar-refractivity contribution < 1.29 is 0 Å². The number of nitrogens with zero attached hydrogens (tertiary/aromatic N) is 1. The summed E-state index contributed by atoms with van der Waals surface area (Å²) in [5, 5.41) is 6.03. The van der Waals surface area contributed by atoms with Crippen molar-refractivity contribution in [3.63, 3.8) is 0 Å². The summed E-state index contributed by atoms with van der Waals surface area (Å²) in [4.78, 5) is 4.24. The number of hydrogen-bond donors (Lipinski definition) is 1. The molecule has 0 saturated carbocycles. The summed E-state index contributed by atoms with van der Waals surface area (Å²) in [5.41, 5.74) is 0. The van der Waals surface area contributed by atoms with Crippen LogP contribution in [0.3, 0.4) is 0 Å². The van der Waals surface area contributed by atoms with Crippen molar-refractivity contribution in [3.05, 3.63) is 11.6 Å². The van der Waals surface area contributed by atoms with E-state index in [1.165, 1.54) is 10.8 Å². The lowest BCUT2D eigenvalue weighted by atomic mass is 10.4. The van der Waals surface area contributed by atoms with Gasteiger partial charge in [0.05, 0.1) is 0 Å². The van der Waals surface area contributed by atoms with E-state index < -0.39 is 0 Å². The summed E-state index contributed by atoms with van der Waals surface area (Å²) in [6.07, 6.45) is 3.06. The summed E-state index contributed by atoms with van der Waals surface area (Å²) in [6.45, 7) is 6.60. The molecule has 0 aliphatic rings. The zero-order valence-corrected chi connectivity index (χ0v) is 9.75. The van der Waals surface area contributed by atoms with Crippen molar-refractivity contribution in [3.8, 4) is 0 Å². The minimum atomic E-state index is 0.609. The van der Waals surface area contributed by atoms with Gasteiger partial charge >= 0.3 is 0 Å². The number of thioether (sulfide) groups is 1. The number of aromatic nitrogens is 1. The Morgan fingerprint density at radius 1 is 1.69 bits per heavy atom. The van der Waals surface area contributed by atoms with Crippen molar-refractivity contribution in [2.75, 3.05) is 13.1 Å². The molecule has 0 bridgehead atoms. The predicted molar refractivity (Wildman–Crippen MR) is 60.6 cm³/mol. The summed E-state index contributed by atoms with van der Waals surface area (Å²) >= 11 is 3.56. The van der Waals surface area contributed by atoms with Gasteiger partial charge in [0.2, 0.25) is 0 Å². The van der Waals surface area contributed by atoms with Crippen LogP contribution in [0.2, 0.25) is 0 Å². The van der Waals surface area contributed by atoms with E-state index in [9.17, 15) is 0 Å². The molecule has 1 aromatic rings. The molecular weight excluding hydrogens is 200 g/mol. The first kappa shape index (κ1) is 11.0. The molecular formula is C9H16N2S2. The molecule has 2 nitrogen and oxygen atoms in total. The Morgan fingerprint density at radius 2 is 2.54 bits per heavy atom. The Hall–Kier alpha value is -0.0600. The molecule has 0 amide bonds. The molecule has 0 spiro atoms. The van der Waals surface area contributed by atoms with Gasteiger partial charge in [-0.1, -0.05) is 25.6 Å². The zero-order chi connectivity index (χ0) is 9.52. The van der Waals surface area contributed by atoms with Crippen molar-refractivity contribution in [2.24, 2.45) is 0 Å².